The SMILES string of the molecule is CCCCC(CC)COc1c(Cl)cccc1CNCC. The molecule has 0 radical (unpaired) electrons. The third-order valence-corrected chi connectivity index (χ3v) is 3.92. The molecule has 0 aliphatic rings. The van der Waals surface area contributed by atoms with Gasteiger partial charge in [0.1, 0.15) is 5.75 Å². The first-order chi connectivity index (χ1) is 9.72. The highest BCUT2D eigenvalue weighted by Crippen LogP contribution is 2.29. The fourth-order valence-electron chi connectivity index (χ4n) is 2.21. The predicted octanol–water partition coefficient (Wildman–Crippen LogP) is 5.04. The number of halogens is 1. The minimum Gasteiger partial charge on any atom is -0.491 e. The lowest BCUT2D eigenvalue weighted by Gasteiger charge is -2.18. The van der Waals surface area contributed by atoms with Gasteiger partial charge in [0.05, 0.1) is 11.6 Å². The summed E-state index contributed by atoms with van der Waals surface area (Å²) in [7, 11) is 0. The molecule has 0 saturated carbocycles. The third kappa shape index (κ3) is 5.72. The van der Waals surface area contributed by atoms with E-state index in [-0.39, 0.29) is 0 Å². The molecule has 1 atom stereocenters. The number of rotatable bonds is 10. The van der Waals surface area contributed by atoms with Crippen LogP contribution in [0.15, 0.2) is 18.2 Å². The van der Waals surface area contributed by atoms with Gasteiger partial charge in [-0.2, -0.15) is 0 Å². The van der Waals surface area contributed by atoms with Gasteiger partial charge in [0.2, 0.25) is 0 Å². The fourth-order valence-corrected chi connectivity index (χ4v) is 2.46. The van der Waals surface area contributed by atoms with Crippen molar-refractivity contribution in [3.8, 4) is 5.75 Å². The molecule has 1 rings (SSSR count). The first kappa shape index (κ1) is 17.3. The summed E-state index contributed by atoms with van der Waals surface area (Å²) in [6.45, 7) is 9.08. The lowest BCUT2D eigenvalue weighted by molar-refractivity contribution is 0.231. The molecule has 20 heavy (non-hydrogen) atoms. The molecule has 2 nitrogen and oxygen atoms in total. The van der Waals surface area contributed by atoms with Gasteiger partial charge in [-0.05, 0) is 24.9 Å². The van der Waals surface area contributed by atoms with Crippen LogP contribution in [0.2, 0.25) is 5.02 Å². The maximum Gasteiger partial charge on any atom is 0.142 e. The zero-order valence-corrected chi connectivity index (χ0v) is 13.8. The van der Waals surface area contributed by atoms with Crippen LogP contribution >= 0.6 is 11.6 Å². The Kier molecular flexibility index (Phi) is 8.72. The molecule has 1 aromatic rings. The van der Waals surface area contributed by atoms with Gasteiger partial charge in [0, 0.05) is 12.1 Å². The Balaban J connectivity index is 2.64. The molecular formula is C17H28ClNO. The summed E-state index contributed by atoms with van der Waals surface area (Å²) < 4.78 is 6.04. The summed E-state index contributed by atoms with van der Waals surface area (Å²) in [5, 5.41) is 4.04. The van der Waals surface area contributed by atoms with Crippen molar-refractivity contribution >= 4 is 11.6 Å². The molecule has 0 aromatic heterocycles. The van der Waals surface area contributed by atoms with E-state index in [1.165, 1.54) is 19.3 Å². The van der Waals surface area contributed by atoms with Crippen LogP contribution in [0.3, 0.4) is 0 Å². The Bertz CT molecular complexity index is 381. The molecular weight excluding hydrogens is 270 g/mol. The molecule has 0 heterocycles. The predicted molar refractivity (Wildman–Crippen MR) is 87.6 cm³/mol. The second kappa shape index (κ2) is 10.1. The van der Waals surface area contributed by atoms with E-state index in [4.69, 9.17) is 16.3 Å². The second-order valence-corrected chi connectivity index (χ2v) is 5.64. The summed E-state index contributed by atoms with van der Waals surface area (Å²) in [6, 6.07) is 5.96. The van der Waals surface area contributed by atoms with Crippen LogP contribution in [0.1, 0.15) is 52.0 Å². The summed E-state index contributed by atoms with van der Waals surface area (Å²) in [5.41, 5.74) is 1.14. The zero-order chi connectivity index (χ0) is 14.8. The number of para-hydroxylation sites is 1. The van der Waals surface area contributed by atoms with Gasteiger partial charge < -0.3 is 10.1 Å². The molecule has 0 saturated heterocycles. The molecule has 0 aliphatic carbocycles. The molecule has 0 aliphatic heterocycles. The van der Waals surface area contributed by atoms with E-state index in [0.29, 0.717) is 10.9 Å². The van der Waals surface area contributed by atoms with Crippen molar-refractivity contribution in [2.24, 2.45) is 5.92 Å². The van der Waals surface area contributed by atoms with Gasteiger partial charge in [-0.25, -0.2) is 0 Å². The number of ether oxygens (including phenoxy) is 1. The Labute approximate surface area is 128 Å². The lowest BCUT2D eigenvalue weighted by Crippen LogP contribution is -2.15. The highest BCUT2D eigenvalue weighted by molar-refractivity contribution is 6.32. The molecule has 114 valence electrons. The van der Waals surface area contributed by atoms with E-state index in [2.05, 4.69) is 32.2 Å². The van der Waals surface area contributed by atoms with Gasteiger partial charge in [-0.1, -0.05) is 63.8 Å². The zero-order valence-electron chi connectivity index (χ0n) is 13.0. The Morgan fingerprint density at radius 2 is 2.05 bits per heavy atom. The summed E-state index contributed by atoms with van der Waals surface area (Å²) in [5.74, 6) is 1.48. The molecule has 0 amide bonds. The van der Waals surface area contributed by atoms with E-state index < -0.39 is 0 Å². The van der Waals surface area contributed by atoms with Crippen molar-refractivity contribution in [1.29, 1.82) is 0 Å². The Morgan fingerprint density at radius 1 is 1.25 bits per heavy atom. The average Bonchev–Trinajstić information content (AvgIpc) is 2.47. The Hall–Kier alpha value is -0.730. The van der Waals surface area contributed by atoms with Gasteiger partial charge in [-0.3, -0.25) is 0 Å². The molecule has 1 N–H and O–H groups in total. The number of hydrogen-bond acceptors (Lipinski definition) is 2. The van der Waals surface area contributed by atoms with Crippen molar-refractivity contribution in [3.63, 3.8) is 0 Å². The van der Waals surface area contributed by atoms with Gasteiger partial charge in [-0.15, -0.1) is 0 Å². The van der Waals surface area contributed by atoms with Crippen molar-refractivity contribution in [2.75, 3.05) is 13.2 Å². The molecule has 3 heteroatoms. The normalized spacial score (nSPS) is 12.4. The fraction of sp³-hybridized carbons (Fsp3) is 0.647. The van der Waals surface area contributed by atoms with Crippen LogP contribution < -0.4 is 10.1 Å². The van der Waals surface area contributed by atoms with E-state index in [1.807, 2.05) is 12.1 Å². The molecule has 0 fully saturated rings. The summed E-state index contributed by atoms with van der Waals surface area (Å²) in [4.78, 5) is 0. The van der Waals surface area contributed by atoms with Crippen LogP contribution in [0, 0.1) is 5.92 Å². The van der Waals surface area contributed by atoms with Crippen molar-refractivity contribution in [3.05, 3.63) is 28.8 Å². The number of benzene rings is 1. The smallest absolute Gasteiger partial charge is 0.142 e. The van der Waals surface area contributed by atoms with Gasteiger partial charge in [0.15, 0.2) is 0 Å². The number of unbranched alkanes of at least 4 members (excludes halogenated alkanes) is 1. The largest absolute Gasteiger partial charge is 0.491 e. The first-order valence-electron chi connectivity index (χ1n) is 7.83. The van der Waals surface area contributed by atoms with Gasteiger partial charge in [0.25, 0.3) is 0 Å². The van der Waals surface area contributed by atoms with Gasteiger partial charge >= 0.3 is 0 Å². The van der Waals surface area contributed by atoms with Crippen LogP contribution in [0.4, 0.5) is 0 Å². The quantitative estimate of drug-likeness (QED) is 0.653. The monoisotopic (exact) mass is 297 g/mol. The van der Waals surface area contributed by atoms with Crippen molar-refractivity contribution < 1.29 is 4.74 Å². The maximum atomic E-state index is 6.29. The second-order valence-electron chi connectivity index (χ2n) is 5.24. The van der Waals surface area contributed by atoms with Crippen LogP contribution in [0.25, 0.3) is 0 Å². The first-order valence-corrected chi connectivity index (χ1v) is 8.21. The Morgan fingerprint density at radius 3 is 2.70 bits per heavy atom. The van der Waals surface area contributed by atoms with E-state index in [1.54, 1.807) is 0 Å². The molecule has 0 bridgehead atoms. The summed E-state index contributed by atoms with van der Waals surface area (Å²) in [6.07, 6.45) is 4.91. The highest BCUT2D eigenvalue weighted by atomic mass is 35.5. The highest BCUT2D eigenvalue weighted by Gasteiger charge is 2.12. The van der Waals surface area contributed by atoms with Crippen LogP contribution in [-0.2, 0) is 6.54 Å². The van der Waals surface area contributed by atoms with Crippen LogP contribution in [0.5, 0.6) is 5.75 Å². The minimum absolute atomic E-state index is 0.623. The standard InChI is InChI=1S/C17H28ClNO/c1-4-7-9-14(5-2)13-20-17-15(12-19-6-3)10-8-11-16(17)18/h8,10-11,14,19H,4-7,9,12-13H2,1-3H3. The van der Waals surface area contributed by atoms with Crippen molar-refractivity contribution in [2.45, 2.75) is 53.0 Å². The van der Waals surface area contributed by atoms with E-state index >= 15 is 0 Å². The maximum absolute atomic E-state index is 6.29. The lowest BCUT2D eigenvalue weighted by atomic mass is 10.0. The molecule has 1 unspecified atom stereocenters. The summed E-state index contributed by atoms with van der Waals surface area (Å²) >= 11 is 6.29. The minimum atomic E-state index is 0.623. The molecule has 0 spiro atoms. The van der Waals surface area contributed by atoms with E-state index in [0.717, 1.165) is 37.4 Å². The topological polar surface area (TPSA) is 21.3 Å². The average molecular weight is 298 g/mol. The molecule has 1 aromatic carbocycles. The van der Waals surface area contributed by atoms with E-state index in [9.17, 15) is 0 Å². The van der Waals surface area contributed by atoms with Crippen LogP contribution in [-0.4, -0.2) is 13.2 Å². The van der Waals surface area contributed by atoms with Crippen molar-refractivity contribution in [1.82, 2.24) is 5.32 Å². The number of nitrogens with one attached hydrogen (secondary N) is 1. The third-order valence-electron chi connectivity index (χ3n) is 3.62. The number of hydrogen-bond donors (Lipinski definition) is 1.